The van der Waals surface area contributed by atoms with Crippen molar-refractivity contribution in [1.29, 1.82) is 0 Å². The lowest BCUT2D eigenvalue weighted by molar-refractivity contribution is 0.0910. The Morgan fingerprint density at radius 1 is 1.31 bits per heavy atom. The fourth-order valence-electron chi connectivity index (χ4n) is 4.14. The Hall–Kier alpha value is -2.67. The van der Waals surface area contributed by atoms with Crippen LogP contribution in [0.5, 0.6) is 0 Å². The van der Waals surface area contributed by atoms with Gasteiger partial charge in [0.2, 0.25) is 0 Å². The van der Waals surface area contributed by atoms with Crippen LogP contribution in [0.1, 0.15) is 59.6 Å². The van der Waals surface area contributed by atoms with Gasteiger partial charge in [-0.2, -0.15) is 0 Å². The van der Waals surface area contributed by atoms with E-state index in [1.807, 2.05) is 20.8 Å². The minimum atomic E-state index is -0.681. The van der Waals surface area contributed by atoms with Crippen LogP contribution in [-0.2, 0) is 18.7 Å². The molecule has 3 N–H and O–H groups in total. The number of anilines is 2. The zero-order valence-electron chi connectivity index (χ0n) is 15.1. The van der Waals surface area contributed by atoms with Gasteiger partial charge in [0.1, 0.15) is 17.0 Å². The molecule has 0 radical (unpaired) electrons. The van der Waals surface area contributed by atoms with E-state index in [1.165, 1.54) is 0 Å². The normalized spacial score (nSPS) is 16.4. The zero-order valence-corrected chi connectivity index (χ0v) is 15.1. The van der Waals surface area contributed by atoms with Crippen LogP contribution in [0.3, 0.4) is 0 Å². The van der Waals surface area contributed by atoms with E-state index in [0.717, 1.165) is 22.4 Å². The molecular formula is C19H22N4O3. The number of nitrogens with one attached hydrogen (secondary N) is 2. The van der Waals surface area contributed by atoms with Crippen molar-refractivity contribution in [1.82, 2.24) is 14.9 Å². The van der Waals surface area contributed by atoms with E-state index in [2.05, 4.69) is 15.6 Å². The highest BCUT2D eigenvalue weighted by molar-refractivity contribution is 5.97. The SMILES string of the molecule is CCC1(CC)NC(=O)c2c(C)c3c(c(=O)n21)Nc1cc(CO)ncc1C3. The van der Waals surface area contributed by atoms with Gasteiger partial charge in [0.15, 0.2) is 0 Å². The second kappa shape index (κ2) is 5.67. The van der Waals surface area contributed by atoms with Crippen molar-refractivity contribution in [2.24, 2.45) is 0 Å². The molecule has 136 valence electrons. The summed E-state index contributed by atoms with van der Waals surface area (Å²) in [6, 6.07) is 1.77. The van der Waals surface area contributed by atoms with Gasteiger partial charge in [0.25, 0.3) is 11.5 Å². The monoisotopic (exact) mass is 354 g/mol. The maximum absolute atomic E-state index is 13.3. The van der Waals surface area contributed by atoms with Crippen LogP contribution in [0, 0.1) is 6.92 Å². The Labute approximate surface area is 151 Å². The average molecular weight is 354 g/mol. The van der Waals surface area contributed by atoms with E-state index in [4.69, 9.17) is 0 Å². The van der Waals surface area contributed by atoms with Gasteiger partial charge in [0, 0.05) is 18.3 Å². The first kappa shape index (κ1) is 16.8. The molecule has 2 aromatic heterocycles. The van der Waals surface area contributed by atoms with Gasteiger partial charge in [-0.05, 0) is 42.5 Å². The van der Waals surface area contributed by atoms with E-state index in [0.29, 0.717) is 36.3 Å². The number of nitrogens with zero attached hydrogens (tertiary/aromatic N) is 2. The lowest BCUT2D eigenvalue weighted by Crippen LogP contribution is -2.47. The smallest absolute Gasteiger partial charge is 0.277 e. The first-order valence-corrected chi connectivity index (χ1v) is 8.93. The number of aliphatic hydroxyl groups excluding tert-OH is 1. The molecule has 2 aliphatic rings. The summed E-state index contributed by atoms with van der Waals surface area (Å²) in [4.78, 5) is 30.2. The highest BCUT2D eigenvalue weighted by Crippen LogP contribution is 2.37. The van der Waals surface area contributed by atoms with Crippen LogP contribution in [0.25, 0.3) is 0 Å². The summed E-state index contributed by atoms with van der Waals surface area (Å²) >= 11 is 0. The van der Waals surface area contributed by atoms with Crippen LogP contribution >= 0.6 is 0 Å². The van der Waals surface area contributed by atoms with Gasteiger partial charge in [-0.25, -0.2) is 0 Å². The van der Waals surface area contributed by atoms with Crippen molar-refractivity contribution in [2.75, 3.05) is 5.32 Å². The summed E-state index contributed by atoms with van der Waals surface area (Å²) < 4.78 is 1.63. The number of carbonyl (C=O) groups excluding carboxylic acids is 1. The van der Waals surface area contributed by atoms with Gasteiger partial charge in [0.05, 0.1) is 12.3 Å². The van der Waals surface area contributed by atoms with Gasteiger partial charge in [-0.1, -0.05) is 13.8 Å². The number of fused-ring (bicyclic) bond motifs is 3. The van der Waals surface area contributed by atoms with E-state index in [9.17, 15) is 14.7 Å². The molecule has 26 heavy (non-hydrogen) atoms. The number of aliphatic hydroxyl groups is 1. The van der Waals surface area contributed by atoms with Crippen LogP contribution in [0.15, 0.2) is 17.1 Å². The summed E-state index contributed by atoms with van der Waals surface area (Å²) in [6.07, 6.45) is 3.51. The van der Waals surface area contributed by atoms with Gasteiger partial charge in [-0.15, -0.1) is 0 Å². The largest absolute Gasteiger partial charge is 0.390 e. The Morgan fingerprint density at radius 3 is 2.69 bits per heavy atom. The first-order valence-electron chi connectivity index (χ1n) is 8.93. The molecule has 2 aliphatic heterocycles. The average Bonchev–Trinajstić information content (AvgIpc) is 2.97. The van der Waals surface area contributed by atoms with E-state index >= 15 is 0 Å². The molecule has 0 aromatic carbocycles. The lowest BCUT2D eigenvalue weighted by atomic mass is 9.93. The van der Waals surface area contributed by atoms with Crippen molar-refractivity contribution in [2.45, 2.75) is 52.3 Å². The second-order valence-electron chi connectivity index (χ2n) is 6.95. The molecule has 0 fully saturated rings. The number of pyridine rings is 2. The molecule has 4 heterocycles. The standard InChI is InChI=1S/C19H22N4O3/c1-4-19(5-2)22-17(25)16-10(3)13-6-11-8-20-12(9-24)7-14(11)21-15(13)18(26)23(16)19/h7-8,21,24H,4-6,9H2,1-3H3,(H,22,25). The number of aromatic nitrogens is 2. The third kappa shape index (κ3) is 2.07. The predicted molar refractivity (Wildman–Crippen MR) is 97.7 cm³/mol. The van der Waals surface area contributed by atoms with Crippen LogP contribution < -0.4 is 16.2 Å². The number of amides is 1. The van der Waals surface area contributed by atoms with Crippen molar-refractivity contribution < 1.29 is 9.90 Å². The Kier molecular flexibility index (Phi) is 3.66. The van der Waals surface area contributed by atoms with E-state index in [-0.39, 0.29) is 18.1 Å². The quantitative estimate of drug-likeness (QED) is 0.668. The number of hydrogen-bond donors (Lipinski definition) is 3. The molecule has 7 nitrogen and oxygen atoms in total. The second-order valence-corrected chi connectivity index (χ2v) is 6.95. The summed E-state index contributed by atoms with van der Waals surface area (Å²) in [7, 11) is 0. The molecule has 0 saturated heterocycles. The summed E-state index contributed by atoms with van der Waals surface area (Å²) in [5.41, 5.74) is 4.04. The Balaban J connectivity index is 1.96. The third-order valence-corrected chi connectivity index (χ3v) is 5.74. The maximum atomic E-state index is 13.3. The molecule has 0 aliphatic carbocycles. The van der Waals surface area contributed by atoms with Crippen LogP contribution in [-0.4, -0.2) is 20.6 Å². The number of rotatable bonds is 3. The Bertz CT molecular complexity index is 989. The highest BCUT2D eigenvalue weighted by atomic mass is 16.3. The molecule has 4 rings (SSSR count). The van der Waals surface area contributed by atoms with Crippen molar-refractivity contribution in [3.8, 4) is 0 Å². The molecule has 1 amide bonds. The van der Waals surface area contributed by atoms with Crippen LogP contribution in [0.4, 0.5) is 11.4 Å². The van der Waals surface area contributed by atoms with Crippen molar-refractivity contribution in [3.63, 3.8) is 0 Å². The fraction of sp³-hybridized carbons (Fsp3) is 0.421. The van der Waals surface area contributed by atoms with E-state index in [1.54, 1.807) is 16.8 Å². The topological polar surface area (TPSA) is 96.2 Å². The van der Waals surface area contributed by atoms with E-state index < -0.39 is 5.66 Å². The molecule has 0 spiro atoms. The fourth-order valence-corrected chi connectivity index (χ4v) is 4.14. The minimum absolute atomic E-state index is 0.156. The summed E-state index contributed by atoms with van der Waals surface area (Å²) in [6.45, 7) is 5.69. The van der Waals surface area contributed by atoms with Gasteiger partial charge in [-0.3, -0.25) is 19.1 Å². The molecule has 7 heteroatoms. The van der Waals surface area contributed by atoms with Crippen LogP contribution in [0.2, 0.25) is 0 Å². The highest BCUT2D eigenvalue weighted by Gasteiger charge is 2.43. The zero-order chi connectivity index (χ0) is 18.6. The summed E-state index contributed by atoms with van der Waals surface area (Å²) in [5.74, 6) is -0.189. The molecule has 0 unspecified atom stereocenters. The maximum Gasteiger partial charge on any atom is 0.277 e. The van der Waals surface area contributed by atoms with Gasteiger partial charge >= 0.3 is 0 Å². The number of carbonyl (C=O) groups is 1. The van der Waals surface area contributed by atoms with Crippen molar-refractivity contribution >= 4 is 17.3 Å². The lowest BCUT2D eigenvalue weighted by Gasteiger charge is -2.31. The molecule has 0 bridgehead atoms. The first-order chi connectivity index (χ1) is 12.5. The minimum Gasteiger partial charge on any atom is -0.390 e. The van der Waals surface area contributed by atoms with Crippen molar-refractivity contribution in [3.05, 3.63) is 50.7 Å². The Morgan fingerprint density at radius 2 is 2.04 bits per heavy atom. The predicted octanol–water partition coefficient (Wildman–Crippen LogP) is 1.91. The molecule has 0 saturated carbocycles. The number of hydrogen-bond acceptors (Lipinski definition) is 5. The summed E-state index contributed by atoms with van der Waals surface area (Å²) in [5, 5.41) is 15.6. The molecular weight excluding hydrogens is 332 g/mol. The molecule has 0 atom stereocenters. The third-order valence-electron chi connectivity index (χ3n) is 5.74. The molecule has 2 aromatic rings. The van der Waals surface area contributed by atoms with Gasteiger partial charge < -0.3 is 15.7 Å².